The van der Waals surface area contributed by atoms with Crippen LogP contribution in [0, 0.1) is 0 Å². The van der Waals surface area contributed by atoms with Gasteiger partial charge in [-0.3, -0.25) is 4.79 Å². The Morgan fingerprint density at radius 2 is 1.56 bits per heavy atom. The van der Waals surface area contributed by atoms with E-state index >= 15 is 0 Å². The molecule has 100 valence electrons. The van der Waals surface area contributed by atoms with Gasteiger partial charge in [0.2, 0.25) is 5.78 Å². The van der Waals surface area contributed by atoms with Crippen molar-refractivity contribution >= 4 is 16.7 Å². The first kappa shape index (κ1) is 15.3. The van der Waals surface area contributed by atoms with Gasteiger partial charge in [0.15, 0.2) is 5.75 Å². The normalized spacial score (nSPS) is 10.8. The molecule has 0 atom stereocenters. The average Bonchev–Trinajstić information content (AvgIpc) is 2.42. The predicted octanol–water partition coefficient (Wildman–Crippen LogP) is 4.09. The maximum absolute atomic E-state index is 12.2. The van der Waals surface area contributed by atoms with Crippen molar-refractivity contribution in [3.05, 3.63) is 35.9 Å². The van der Waals surface area contributed by atoms with Gasteiger partial charge in [0.25, 0.3) is 0 Å². The van der Waals surface area contributed by atoms with Crippen LogP contribution in [0.4, 0.5) is 0 Å². The van der Waals surface area contributed by atoms with Crippen LogP contribution >= 0.6 is 0 Å². The van der Waals surface area contributed by atoms with E-state index in [1.807, 2.05) is 30.3 Å². The number of rotatable bonds is 9. The molecule has 0 radical (unpaired) electrons. The third-order valence-electron chi connectivity index (χ3n) is 3.00. The van der Waals surface area contributed by atoms with Gasteiger partial charge in [0.05, 0.1) is 0 Å². The molecule has 0 fully saturated rings. The molecule has 0 aliphatic carbocycles. The Labute approximate surface area is 114 Å². The second kappa shape index (κ2) is 9.21. The second-order valence-corrected chi connectivity index (χ2v) is 6.99. The average molecular weight is 265 g/mol. The van der Waals surface area contributed by atoms with E-state index in [-0.39, 0.29) is 0 Å². The summed E-state index contributed by atoms with van der Waals surface area (Å²) < 4.78 is 0. The van der Waals surface area contributed by atoms with Crippen molar-refractivity contribution < 1.29 is 4.79 Å². The van der Waals surface area contributed by atoms with E-state index in [4.69, 9.17) is 0 Å². The van der Waals surface area contributed by atoms with Gasteiger partial charge in [0, 0.05) is 5.56 Å². The Morgan fingerprint density at radius 3 is 2.06 bits per heavy atom. The maximum Gasteiger partial charge on any atom is 0.211 e. The van der Waals surface area contributed by atoms with E-state index < -0.39 is 0 Å². The van der Waals surface area contributed by atoms with Crippen molar-refractivity contribution in [2.45, 2.75) is 39.5 Å². The fraction of sp³-hybridized carbons (Fsp3) is 0.562. The molecule has 0 bridgehead atoms. The lowest BCUT2D eigenvalue weighted by atomic mass is 10.2. The number of carbonyl (C=O) groups is 1. The molecule has 0 spiro atoms. The Hall–Kier alpha value is -0.760. The molecule has 0 heterocycles. The molecule has 0 N–H and O–H groups in total. The summed E-state index contributed by atoms with van der Waals surface area (Å²) in [6.45, 7) is 4.45. The summed E-state index contributed by atoms with van der Waals surface area (Å²) in [5, 5.41) is 0. The van der Waals surface area contributed by atoms with Crippen LogP contribution in [0.2, 0.25) is 0 Å². The number of hydrogen-bond donors (Lipinski definition) is 0. The lowest BCUT2D eigenvalue weighted by molar-refractivity contribution is 0.102. The van der Waals surface area contributed by atoms with Crippen LogP contribution < -0.4 is 0 Å². The standard InChI is InChI=1S/C16H25OS/c1-3-5-12-18(13-6-4-2)14-16(17)15-10-8-7-9-11-15/h7-11H,3-6,12-14H2,1-2H3/q+1. The van der Waals surface area contributed by atoms with Crippen LogP contribution in [0.1, 0.15) is 49.9 Å². The minimum absolute atomic E-state index is 0.296. The Balaban J connectivity index is 2.50. The predicted molar refractivity (Wildman–Crippen MR) is 82.6 cm³/mol. The quantitative estimate of drug-likeness (QED) is 0.485. The van der Waals surface area contributed by atoms with Crippen molar-refractivity contribution in [3.63, 3.8) is 0 Å². The highest BCUT2D eigenvalue weighted by Gasteiger charge is 2.22. The molecule has 0 aromatic heterocycles. The highest BCUT2D eigenvalue weighted by Crippen LogP contribution is 2.09. The molecule has 0 aliphatic rings. The first-order chi connectivity index (χ1) is 8.77. The van der Waals surface area contributed by atoms with Gasteiger partial charge in [-0.25, -0.2) is 0 Å². The van der Waals surface area contributed by atoms with Crippen molar-refractivity contribution in [3.8, 4) is 0 Å². The lowest BCUT2D eigenvalue weighted by Crippen LogP contribution is -2.22. The molecular formula is C16H25OS+. The number of ketones is 1. The lowest BCUT2D eigenvalue weighted by Gasteiger charge is -2.07. The van der Waals surface area contributed by atoms with Crippen LogP contribution in [0.15, 0.2) is 30.3 Å². The molecule has 18 heavy (non-hydrogen) atoms. The highest BCUT2D eigenvalue weighted by atomic mass is 32.2. The van der Waals surface area contributed by atoms with Gasteiger partial charge in [-0.15, -0.1) is 0 Å². The Kier molecular flexibility index (Phi) is 7.83. The van der Waals surface area contributed by atoms with Crippen molar-refractivity contribution in [1.82, 2.24) is 0 Å². The van der Waals surface area contributed by atoms with Gasteiger partial charge in [0.1, 0.15) is 11.5 Å². The Morgan fingerprint density at radius 1 is 1.00 bits per heavy atom. The fourth-order valence-electron chi connectivity index (χ4n) is 1.84. The molecule has 0 aliphatic heterocycles. The fourth-order valence-corrected chi connectivity index (χ4v) is 4.26. The molecule has 1 aromatic rings. The maximum atomic E-state index is 12.2. The number of unbranched alkanes of at least 4 members (excludes halogenated alkanes) is 2. The number of benzene rings is 1. The smallest absolute Gasteiger partial charge is 0.211 e. The molecule has 1 rings (SSSR count). The van der Waals surface area contributed by atoms with E-state index in [0.29, 0.717) is 16.7 Å². The first-order valence-corrected chi connectivity index (χ1v) is 8.73. The summed E-state index contributed by atoms with van der Waals surface area (Å²) in [7, 11) is 0.296. The van der Waals surface area contributed by atoms with Crippen LogP contribution in [-0.2, 0) is 10.9 Å². The van der Waals surface area contributed by atoms with E-state index in [0.717, 1.165) is 11.3 Å². The summed E-state index contributed by atoms with van der Waals surface area (Å²) in [5.74, 6) is 3.54. The molecule has 1 aromatic carbocycles. The zero-order chi connectivity index (χ0) is 13.2. The summed E-state index contributed by atoms with van der Waals surface area (Å²) in [5.41, 5.74) is 0.878. The molecule has 0 saturated heterocycles. The van der Waals surface area contributed by atoms with Crippen LogP contribution in [0.3, 0.4) is 0 Å². The van der Waals surface area contributed by atoms with Gasteiger partial charge in [-0.1, -0.05) is 57.0 Å². The zero-order valence-electron chi connectivity index (χ0n) is 11.7. The van der Waals surface area contributed by atoms with Crippen LogP contribution in [-0.4, -0.2) is 23.0 Å². The molecule has 2 heteroatoms. The zero-order valence-corrected chi connectivity index (χ0v) is 12.5. The van der Waals surface area contributed by atoms with Gasteiger partial charge in [-0.05, 0) is 23.7 Å². The summed E-state index contributed by atoms with van der Waals surface area (Å²) in [6, 6.07) is 9.73. The first-order valence-electron chi connectivity index (χ1n) is 7.00. The number of hydrogen-bond acceptors (Lipinski definition) is 1. The highest BCUT2D eigenvalue weighted by molar-refractivity contribution is 7.97. The van der Waals surface area contributed by atoms with E-state index in [1.54, 1.807) is 0 Å². The number of Topliss-reactive ketones (excluding diaryl/α,β-unsaturated/α-hetero) is 1. The largest absolute Gasteiger partial charge is 0.289 e. The third-order valence-corrected chi connectivity index (χ3v) is 5.41. The van der Waals surface area contributed by atoms with Crippen molar-refractivity contribution in [2.24, 2.45) is 0 Å². The van der Waals surface area contributed by atoms with E-state index in [9.17, 15) is 4.79 Å². The monoisotopic (exact) mass is 265 g/mol. The minimum atomic E-state index is 0.296. The van der Waals surface area contributed by atoms with E-state index in [2.05, 4.69) is 13.8 Å². The van der Waals surface area contributed by atoms with Crippen molar-refractivity contribution in [2.75, 3.05) is 17.3 Å². The molecule has 1 nitrogen and oxygen atoms in total. The molecular weight excluding hydrogens is 240 g/mol. The minimum Gasteiger partial charge on any atom is -0.289 e. The summed E-state index contributed by atoms with van der Waals surface area (Å²) >= 11 is 0. The molecule has 0 amide bonds. The van der Waals surface area contributed by atoms with Gasteiger partial charge in [-0.2, -0.15) is 0 Å². The van der Waals surface area contributed by atoms with Crippen LogP contribution in [0.25, 0.3) is 0 Å². The van der Waals surface area contributed by atoms with Crippen molar-refractivity contribution in [1.29, 1.82) is 0 Å². The topological polar surface area (TPSA) is 17.1 Å². The van der Waals surface area contributed by atoms with Crippen LogP contribution in [0.5, 0.6) is 0 Å². The van der Waals surface area contributed by atoms with Gasteiger partial charge < -0.3 is 0 Å². The Bertz CT molecular complexity index is 326. The SMILES string of the molecule is CCCC[S+](CCCC)CC(=O)c1ccccc1. The van der Waals surface area contributed by atoms with E-state index in [1.165, 1.54) is 37.2 Å². The third kappa shape index (κ3) is 5.72. The second-order valence-electron chi connectivity index (χ2n) is 4.66. The summed E-state index contributed by atoms with van der Waals surface area (Å²) in [4.78, 5) is 12.2. The summed E-state index contributed by atoms with van der Waals surface area (Å²) in [6.07, 6.45) is 4.98. The van der Waals surface area contributed by atoms with Gasteiger partial charge >= 0.3 is 0 Å². The number of carbonyl (C=O) groups excluding carboxylic acids is 1. The molecule has 0 saturated carbocycles. The molecule has 0 unspecified atom stereocenters.